The van der Waals surface area contributed by atoms with Crippen LogP contribution in [-0.2, 0) is 15.4 Å². The van der Waals surface area contributed by atoms with Crippen LogP contribution in [-0.4, -0.2) is 30.0 Å². The summed E-state index contributed by atoms with van der Waals surface area (Å²) >= 11 is 0. The van der Waals surface area contributed by atoms with Gasteiger partial charge in [0.05, 0.1) is 17.0 Å². The lowest BCUT2D eigenvalue weighted by Crippen LogP contribution is -2.27. The van der Waals surface area contributed by atoms with Gasteiger partial charge in [-0.15, -0.1) is 0 Å². The maximum absolute atomic E-state index is 11.6. The lowest BCUT2D eigenvalue weighted by atomic mass is 9.90. The maximum Gasteiger partial charge on any atom is 0.153 e. The number of nitrogens with zero attached hydrogens (tertiary/aromatic N) is 1. The van der Waals surface area contributed by atoms with Gasteiger partial charge in [0.1, 0.15) is 5.60 Å². The van der Waals surface area contributed by atoms with Crippen LogP contribution < -0.4 is 0 Å². The molecule has 0 radical (unpaired) electrons. The minimum Gasteiger partial charge on any atom is -0.384 e. The van der Waals surface area contributed by atoms with Gasteiger partial charge in [-0.2, -0.15) is 0 Å². The first kappa shape index (κ1) is 11.6. The van der Waals surface area contributed by atoms with Gasteiger partial charge in [-0.05, 0) is 24.1 Å². The molecule has 0 spiro atoms. The number of pyridine rings is 1. The Balaban J connectivity index is 2.21. The van der Waals surface area contributed by atoms with Gasteiger partial charge in [0.2, 0.25) is 0 Å². The highest BCUT2D eigenvalue weighted by Gasteiger charge is 2.42. The van der Waals surface area contributed by atoms with E-state index < -0.39 is 15.4 Å². The molecule has 1 unspecified atom stereocenters. The Bertz CT molecular complexity index is 706. The molecule has 1 N–H and O–H groups in total. The molecule has 1 atom stereocenters. The van der Waals surface area contributed by atoms with Crippen LogP contribution in [0, 0.1) is 0 Å². The third-order valence-electron chi connectivity index (χ3n) is 3.43. The van der Waals surface area contributed by atoms with Gasteiger partial charge in [0.15, 0.2) is 9.84 Å². The van der Waals surface area contributed by atoms with Crippen LogP contribution in [0.25, 0.3) is 10.9 Å². The van der Waals surface area contributed by atoms with E-state index in [1.54, 1.807) is 24.4 Å². The van der Waals surface area contributed by atoms with Crippen molar-refractivity contribution in [3.8, 4) is 0 Å². The summed E-state index contributed by atoms with van der Waals surface area (Å²) in [6, 6.07) is 9.09. The summed E-state index contributed by atoms with van der Waals surface area (Å²) < 4.78 is 23.2. The second-order valence-corrected chi connectivity index (χ2v) is 6.93. The first-order valence-electron chi connectivity index (χ1n) is 5.77. The first-order valence-corrected chi connectivity index (χ1v) is 7.59. The number of benzene rings is 1. The number of aliphatic hydroxyl groups is 1. The number of aromatic nitrogens is 1. The van der Waals surface area contributed by atoms with E-state index in [0.717, 1.165) is 10.9 Å². The summed E-state index contributed by atoms with van der Waals surface area (Å²) in [5.74, 6) is -0.159. The van der Waals surface area contributed by atoms with Crippen LogP contribution in [0.2, 0.25) is 0 Å². The van der Waals surface area contributed by atoms with Crippen LogP contribution in [0.1, 0.15) is 12.0 Å². The van der Waals surface area contributed by atoms with Crippen LogP contribution in [0.3, 0.4) is 0 Å². The van der Waals surface area contributed by atoms with E-state index in [0.29, 0.717) is 5.56 Å². The molecule has 3 rings (SSSR count). The largest absolute Gasteiger partial charge is 0.384 e. The molecule has 4 nitrogen and oxygen atoms in total. The van der Waals surface area contributed by atoms with Crippen molar-refractivity contribution in [1.82, 2.24) is 4.98 Å². The molecule has 1 aliphatic rings. The summed E-state index contributed by atoms with van der Waals surface area (Å²) in [5, 5.41) is 11.4. The second-order valence-electron chi connectivity index (χ2n) is 4.75. The van der Waals surface area contributed by atoms with E-state index in [9.17, 15) is 13.5 Å². The number of hydrogen-bond acceptors (Lipinski definition) is 4. The van der Waals surface area contributed by atoms with Crippen molar-refractivity contribution in [3.05, 3.63) is 42.1 Å². The quantitative estimate of drug-likeness (QED) is 0.840. The first-order chi connectivity index (χ1) is 8.50. The van der Waals surface area contributed by atoms with Gasteiger partial charge in [0, 0.05) is 11.6 Å². The molecular formula is C13H13NO3S. The van der Waals surface area contributed by atoms with Gasteiger partial charge in [-0.25, -0.2) is 8.42 Å². The fourth-order valence-corrected chi connectivity index (χ4v) is 4.37. The van der Waals surface area contributed by atoms with Gasteiger partial charge in [0.25, 0.3) is 0 Å². The van der Waals surface area contributed by atoms with Crippen LogP contribution in [0.4, 0.5) is 0 Å². The summed E-state index contributed by atoms with van der Waals surface area (Å²) in [5.41, 5.74) is 0.156. The molecule has 0 saturated carbocycles. The zero-order valence-corrected chi connectivity index (χ0v) is 10.5. The average Bonchev–Trinajstić information content (AvgIpc) is 2.64. The highest BCUT2D eigenvalue weighted by molar-refractivity contribution is 7.91. The Morgan fingerprint density at radius 1 is 1.22 bits per heavy atom. The summed E-state index contributed by atoms with van der Waals surface area (Å²) in [7, 11) is -3.14. The van der Waals surface area contributed by atoms with Crippen molar-refractivity contribution < 1.29 is 13.5 Å². The van der Waals surface area contributed by atoms with Gasteiger partial charge in [-0.3, -0.25) is 4.98 Å². The number of hydrogen-bond donors (Lipinski definition) is 1. The maximum atomic E-state index is 11.6. The molecule has 1 fully saturated rings. The highest BCUT2D eigenvalue weighted by atomic mass is 32.2. The Hall–Kier alpha value is -1.46. The predicted molar refractivity (Wildman–Crippen MR) is 68.9 cm³/mol. The molecule has 1 aliphatic heterocycles. The molecule has 1 aromatic carbocycles. The smallest absolute Gasteiger partial charge is 0.153 e. The minimum atomic E-state index is -3.14. The monoisotopic (exact) mass is 263 g/mol. The average molecular weight is 263 g/mol. The van der Waals surface area contributed by atoms with Gasteiger partial charge >= 0.3 is 0 Å². The van der Waals surface area contributed by atoms with E-state index >= 15 is 0 Å². The lowest BCUT2D eigenvalue weighted by molar-refractivity contribution is 0.0668. The number of fused-ring (bicyclic) bond motifs is 1. The summed E-state index contributed by atoms with van der Waals surface area (Å²) in [6.45, 7) is 0. The SMILES string of the molecule is O=S1(=O)CCC(O)(c2cccc3ncccc23)C1. The lowest BCUT2D eigenvalue weighted by Gasteiger charge is -2.22. The van der Waals surface area contributed by atoms with Crippen molar-refractivity contribution in [2.24, 2.45) is 0 Å². The highest BCUT2D eigenvalue weighted by Crippen LogP contribution is 2.36. The minimum absolute atomic E-state index is 0.0418. The molecule has 18 heavy (non-hydrogen) atoms. The Kier molecular flexibility index (Phi) is 2.43. The molecule has 0 amide bonds. The van der Waals surface area contributed by atoms with Gasteiger partial charge in [-0.1, -0.05) is 18.2 Å². The molecular weight excluding hydrogens is 250 g/mol. The van der Waals surface area contributed by atoms with Gasteiger partial charge < -0.3 is 5.11 Å². The standard InChI is InChI=1S/C13H13NO3S/c15-13(6-8-18(16,17)9-13)11-4-1-5-12-10(11)3-2-7-14-12/h1-5,7,15H,6,8-9H2. The van der Waals surface area contributed by atoms with E-state index in [4.69, 9.17) is 0 Å². The van der Waals surface area contributed by atoms with E-state index in [1.165, 1.54) is 0 Å². The normalized spacial score (nSPS) is 26.5. The Morgan fingerprint density at radius 2 is 2.06 bits per heavy atom. The molecule has 2 heterocycles. The van der Waals surface area contributed by atoms with Crippen molar-refractivity contribution >= 4 is 20.7 Å². The molecule has 2 aromatic rings. The van der Waals surface area contributed by atoms with Crippen LogP contribution in [0.15, 0.2) is 36.5 Å². The molecule has 0 aliphatic carbocycles. The topological polar surface area (TPSA) is 67.3 Å². The molecule has 0 bridgehead atoms. The van der Waals surface area contributed by atoms with E-state index in [-0.39, 0.29) is 17.9 Å². The fraction of sp³-hybridized carbons (Fsp3) is 0.308. The zero-order valence-electron chi connectivity index (χ0n) is 9.70. The zero-order chi connectivity index (χ0) is 12.8. The van der Waals surface area contributed by atoms with Crippen molar-refractivity contribution in [2.75, 3.05) is 11.5 Å². The molecule has 5 heteroatoms. The van der Waals surface area contributed by atoms with Crippen molar-refractivity contribution in [3.63, 3.8) is 0 Å². The van der Waals surface area contributed by atoms with E-state index in [1.807, 2.05) is 12.1 Å². The number of rotatable bonds is 1. The third kappa shape index (κ3) is 1.79. The predicted octanol–water partition coefficient (Wildman–Crippen LogP) is 1.24. The Labute approximate surface area is 105 Å². The van der Waals surface area contributed by atoms with Crippen molar-refractivity contribution in [2.45, 2.75) is 12.0 Å². The van der Waals surface area contributed by atoms with Crippen LogP contribution >= 0.6 is 0 Å². The molecule has 1 saturated heterocycles. The third-order valence-corrected chi connectivity index (χ3v) is 5.18. The number of sulfone groups is 1. The fourth-order valence-electron chi connectivity index (χ4n) is 2.55. The Morgan fingerprint density at radius 3 is 2.78 bits per heavy atom. The second kappa shape index (κ2) is 3.76. The summed E-state index contributed by atoms with van der Waals surface area (Å²) in [4.78, 5) is 4.22. The van der Waals surface area contributed by atoms with Crippen LogP contribution in [0.5, 0.6) is 0 Å². The molecule has 94 valence electrons. The van der Waals surface area contributed by atoms with Crippen molar-refractivity contribution in [1.29, 1.82) is 0 Å². The van der Waals surface area contributed by atoms with E-state index in [2.05, 4.69) is 4.98 Å². The summed E-state index contributed by atoms with van der Waals surface area (Å²) in [6.07, 6.45) is 1.94. The molecule has 1 aromatic heterocycles.